The van der Waals surface area contributed by atoms with E-state index in [1.165, 1.54) is 31.2 Å². The number of hydrogen-bond acceptors (Lipinski definition) is 3. The van der Waals surface area contributed by atoms with Gasteiger partial charge in [-0.05, 0) is 18.9 Å². The highest BCUT2D eigenvalue weighted by atomic mass is 16.5. The monoisotopic (exact) mass is 248 g/mol. The van der Waals surface area contributed by atoms with Crippen LogP contribution in [0.3, 0.4) is 0 Å². The van der Waals surface area contributed by atoms with Gasteiger partial charge >= 0.3 is 0 Å². The standard InChI is InChI=1S/C15H24N2O/c1-18-15-9-5-2-6-13(15)12-17(11-10-16)14-7-3-4-8-14/h2,5-6,9,14H,3-4,7-8,10-12,16H2,1H3. The summed E-state index contributed by atoms with van der Waals surface area (Å²) in [6.45, 7) is 2.65. The molecule has 2 N–H and O–H groups in total. The molecule has 18 heavy (non-hydrogen) atoms. The van der Waals surface area contributed by atoms with Crippen LogP contribution in [0, 0.1) is 0 Å². The van der Waals surface area contributed by atoms with Crippen molar-refractivity contribution in [2.24, 2.45) is 5.73 Å². The van der Waals surface area contributed by atoms with E-state index >= 15 is 0 Å². The van der Waals surface area contributed by atoms with Crippen LogP contribution in [0.25, 0.3) is 0 Å². The smallest absolute Gasteiger partial charge is 0.123 e. The summed E-state index contributed by atoms with van der Waals surface area (Å²) >= 11 is 0. The first-order valence-electron chi connectivity index (χ1n) is 6.91. The highest BCUT2D eigenvalue weighted by molar-refractivity contribution is 5.33. The molecule has 0 bridgehead atoms. The molecular formula is C15H24N2O. The molecule has 0 saturated heterocycles. The van der Waals surface area contributed by atoms with E-state index in [9.17, 15) is 0 Å². The molecule has 3 heteroatoms. The zero-order valence-electron chi connectivity index (χ0n) is 11.3. The third-order valence-electron chi connectivity index (χ3n) is 3.82. The molecule has 0 unspecified atom stereocenters. The fraction of sp³-hybridized carbons (Fsp3) is 0.600. The number of nitrogens with two attached hydrogens (primary N) is 1. The third kappa shape index (κ3) is 3.24. The summed E-state index contributed by atoms with van der Waals surface area (Å²) in [6, 6.07) is 8.98. The van der Waals surface area contributed by atoms with Crippen molar-refractivity contribution in [3.05, 3.63) is 29.8 Å². The molecule has 0 aromatic heterocycles. The van der Waals surface area contributed by atoms with Gasteiger partial charge in [-0.15, -0.1) is 0 Å². The van der Waals surface area contributed by atoms with E-state index < -0.39 is 0 Å². The van der Waals surface area contributed by atoms with Crippen LogP contribution < -0.4 is 10.5 Å². The zero-order chi connectivity index (χ0) is 12.8. The van der Waals surface area contributed by atoms with Gasteiger partial charge in [-0.3, -0.25) is 4.90 Å². The first-order chi connectivity index (χ1) is 8.85. The molecule has 3 nitrogen and oxygen atoms in total. The van der Waals surface area contributed by atoms with Gasteiger partial charge in [0.25, 0.3) is 0 Å². The summed E-state index contributed by atoms with van der Waals surface area (Å²) in [7, 11) is 1.74. The number of benzene rings is 1. The van der Waals surface area contributed by atoms with E-state index in [1.807, 2.05) is 12.1 Å². The van der Waals surface area contributed by atoms with Gasteiger partial charge in [-0.25, -0.2) is 0 Å². The summed E-state index contributed by atoms with van der Waals surface area (Å²) < 4.78 is 5.43. The molecule has 0 amide bonds. The van der Waals surface area contributed by atoms with Crippen LogP contribution in [0.2, 0.25) is 0 Å². The molecule has 1 aliphatic rings. The Morgan fingerprint density at radius 3 is 2.67 bits per heavy atom. The van der Waals surface area contributed by atoms with Crippen LogP contribution >= 0.6 is 0 Å². The molecule has 0 aliphatic heterocycles. The van der Waals surface area contributed by atoms with Crippen molar-refractivity contribution in [3.63, 3.8) is 0 Å². The Morgan fingerprint density at radius 1 is 1.28 bits per heavy atom. The lowest BCUT2D eigenvalue weighted by atomic mass is 10.1. The second kappa shape index (κ2) is 6.76. The Morgan fingerprint density at radius 2 is 2.00 bits per heavy atom. The predicted octanol–water partition coefficient (Wildman–Crippen LogP) is 2.40. The van der Waals surface area contributed by atoms with Crippen LogP contribution in [-0.4, -0.2) is 31.1 Å². The maximum Gasteiger partial charge on any atom is 0.123 e. The summed E-state index contributed by atoms with van der Waals surface area (Å²) in [6.07, 6.45) is 5.35. The molecule has 1 fully saturated rings. The van der Waals surface area contributed by atoms with Crippen molar-refractivity contribution in [2.75, 3.05) is 20.2 Å². The second-order valence-corrected chi connectivity index (χ2v) is 5.01. The lowest BCUT2D eigenvalue weighted by Gasteiger charge is -2.28. The van der Waals surface area contributed by atoms with Crippen LogP contribution in [0.5, 0.6) is 5.75 Å². The molecule has 0 spiro atoms. The summed E-state index contributed by atoms with van der Waals surface area (Å²) in [5, 5.41) is 0. The van der Waals surface area contributed by atoms with Crippen LogP contribution in [0.1, 0.15) is 31.2 Å². The molecule has 1 aliphatic carbocycles. The number of hydrogen-bond donors (Lipinski definition) is 1. The SMILES string of the molecule is COc1ccccc1CN(CCN)C1CCCC1. The van der Waals surface area contributed by atoms with E-state index in [1.54, 1.807) is 7.11 Å². The molecule has 1 saturated carbocycles. The molecule has 0 atom stereocenters. The van der Waals surface area contributed by atoms with E-state index in [4.69, 9.17) is 10.5 Å². The normalized spacial score (nSPS) is 16.4. The highest BCUT2D eigenvalue weighted by Crippen LogP contribution is 2.27. The number of rotatable bonds is 6. The summed E-state index contributed by atoms with van der Waals surface area (Å²) in [5.41, 5.74) is 7.01. The minimum absolute atomic E-state index is 0.707. The number of methoxy groups -OCH3 is 1. The molecule has 0 radical (unpaired) electrons. The topological polar surface area (TPSA) is 38.5 Å². The van der Waals surface area contributed by atoms with Gasteiger partial charge in [0.15, 0.2) is 0 Å². The van der Waals surface area contributed by atoms with Crippen LogP contribution in [0.15, 0.2) is 24.3 Å². The Kier molecular flexibility index (Phi) is 5.02. The van der Waals surface area contributed by atoms with Gasteiger partial charge < -0.3 is 10.5 Å². The largest absolute Gasteiger partial charge is 0.496 e. The van der Waals surface area contributed by atoms with Crippen molar-refractivity contribution < 1.29 is 4.74 Å². The van der Waals surface area contributed by atoms with Gasteiger partial charge in [0.1, 0.15) is 5.75 Å². The fourth-order valence-corrected chi connectivity index (χ4v) is 2.88. The molecule has 1 aromatic carbocycles. The number of para-hydroxylation sites is 1. The average molecular weight is 248 g/mol. The minimum Gasteiger partial charge on any atom is -0.496 e. The number of ether oxygens (including phenoxy) is 1. The highest BCUT2D eigenvalue weighted by Gasteiger charge is 2.22. The molecule has 100 valence electrons. The molecular weight excluding hydrogens is 224 g/mol. The Bertz CT molecular complexity index is 361. The van der Waals surface area contributed by atoms with Crippen molar-refractivity contribution in [2.45, 2.75) is 38.3 Å². The summed E-state index contributed by atoms with van der Waals surface area (Å²) in [5.74, 6) is 0.984. The van der Waals surface area contributed by atoms with E-state index in [0.29, 0.717) is 6.04 Å². The Labute approximate surface area is 110 Å². The first-order valence-corrected chi connectivity index (χ1v) is 6.91. The second-order valence-electron chi connectivity index (χ2n) is 5.01. The van der Waals surface area contributed by atoms with E-state index in [2.05, 4.69) is 17.0 Å². The quantitative estimate of drug-likeness (QED) is 0.840. The van der Waals surface area contributed by atoms with E-state index in [-0.39, 0.29) is 0 Å². The molecule has 1 aromatic rings. The number of nitrogens with zero attached hydrogens (tertiary/aromatic N) is 1. The van der Waals surface area contributed by atoms with Gasteiger partial charge in [0, 0.05) is 31.2 Å². The maximum absolute atomic E-state index is 5.75. The Balaban J connectivity index is 2.07. The predicted molar refractivity (Wildman–Crippen MR) is 74.7 cm³/mol. The van der Waals surface area contributed by atoms with Crippen molar-refractivity contribution >= 4 is 0 Å². The van der Waals surface area contributed by atoms with Crippen molar-refractivity contribution in [1.82, 2.24) is 4.90 Å². The fourth-order valence-electron chi connectivity index (χ4n) is 2.88. The van der Waals surface area contributed by atoms with Gasteiger partial charge in [0.2, 0.25) is 0 Å². The minimum atomic E-state index is 0.707. The van der Waals surface area contributed by atoms with Crippen molar-refractivity contribution in [3.8, 4) is 5.75 Å². The maximum atomic E-state index is 5.75. The van der Waals surface area contributed by atoms with Gasteiger partial charge in [-0.2, -0.15) is 0 Å². The lowest BCUT2D eigenvalue weighted by Crippen LogP contribution is -2.36. The van der Waals surface area contributed by atoms with Gasteiger partial charge in [-0.1, -0.05) is 31.0 Å². The first kappa shape index (κ1) is 13.4. The lowest BCUT2D eigenvalue weighted by molar-refractivity contribution is 0.193. The zero-order valence-corrected chi connectivity index (χ0v) is 11.3. The molecule has 2 rings (SSSR count). The van der Waals surface area contributed by atoms with E-state index in [0.717, 1.165) is 25.4 Å². The van der Waals surface area contributed by atoms with Gasteiger partial charge in [0.05, 0.1) is 7.11 Å². The average Bonchev–Trinajstić information content (AvgIpc) is 2.92. The van der Waals surface area contributed by atoms with Crippen LogP contribution in [-0.2, 0) is 6.54 Å². The summed E-state index contributed by atoms with van der Waals surface area (Å²) in [4.78, 5) is 2.52. The van der Waals surface area contributed by atoms with Crippen LogP contribution in [0.4, 0.5) is 0 Å². The molecule has 0 heterocycles. The Hall–Kier alpha value is -1.06. The third-order valence-corrected chi connectivity index (χ3v) is 3.82. The van der Waals surface area contributed by atoms with Crippen molar-refractivity contribution in [1.29, 1.82) is 0 Å².